The summed E-state index contributed by atoms with van der Waals surface area (Å²) in [6, 6.07) is 44.7. The van der Waals surface area contributed by atoms with Crippen LogP contribution in [0.5, 0.6) is 0 Å². The monoisotopic (exact) mass is 456 g/mol. The Bertz CT molecular complexity index is 1730. The summed E-state index contributed by atoms with van der Waals surface area (Å²) >= 11 is 0. The molecule has 0 bridgehead atoms. The summed E-state index contributed by atoms with van der Waals surface area (Å²) in [5.74, 6) is 0.288. The van der Waals surface area contributed by atoms with E-state index in [0.717, 1.165) is 0 Å². The van der Waals surface area contributed by atoms with Gasteiger partial charge in [0.2, 0.25) is 0 Å². The molecular formula is C36H24. The van der Waals surface area contributed by atoms with Gasteiger partial charge in [-0.1, -0.05) is 133 Å². The molecule has 168 valence electrons. The Balaban J connectivity index is 1.43. The summed E-state index contributed by atoms with van der Waals surface area (Å²) in [6.45, 7) is 4.93. The third-order valence-electron chi connectivity index (χ3n) is 8.38. The minimum absolute atomic E-state index is 0.144. The van der Waals surface area contributed by atoms with Crippen LogP contribution in [0.4, 0.5) is 0 Å². The maximum Gasteiger partial charge on any atom is 0.0324 e. The van der Waals surface area contributed by atoms with Gasteiger partial charge in [-0.05, 0) is 66.1 Å². The zero-order valence-corrected chi connectivity index (χ0v) is 19.9. The maximum atomic E-state index is 4.93. The highest BCUT2D eigenvalue weighted by molar-refractivity contribution is 6.00. The fourth-order valence-electron chi connectivity index (χ4n) is 6.92. The van der Waals surface area contributed by atoms with Gasteiger partial charge in [0.05, 0.1) is 0 Å². The molecular weight excluding hydrogens is 432 g/mol. The molecule has 2 unspecified atom stereocenters. The number of hydrogen-bond acceptors (Lipinski definition) is 0. The highest BCUT2D eigenvalue weighted by atomic mass is 14.4. The maximum absolute atomic E-state index is 4.93. The quantitative estimate of drug-likeness (QED) is 0.228. The molecule has 0 saturated heterocycles. The van der Waals surface area contributed by atoms with Gasteiger partial charge in [0.1, 0.15) is 0 Å². The van der Waals surface area contributed by atoms with Crippen LogP contribution in [0.25, 0.3) is 43.8 Å². The number of allylic oxidation sites excluding steroid dienone is 1. The van der Waals surface area contributed by atoms with Crippen molar-refractivity contribution in [2.75, 3.05) is 0 Å². The molecule has 0 radical (unpaired) electrons. The lowest BCUT2D eigenvalue weighted by Crippen LogP contribution is -2.10. The van der Waals surface area contributed by atoms with E-state index in [9.17, 15) is 0 Å². The second-order valence-electron chi connectivity index (χ2n) is 10.1. The van der Waals surface area contributed by atoms with Gasteiger partial charge in [-0.2, -0.15) is 0 Å². The van der Waals surface area contributed by atoms with Gasteiger partial charge < -0.3 is 0 Å². The number of rotatable bonds is 2. The minimum Gasteiger partial charge on any atom is -0.0979 e. The van der Waals surface area contributed by atoms with Crippen LogP contribution in [-0.2, 0) is 0 Å². The van der Waals surface area contributed by atoms with Crippen LogP contribution in [0.1, 0.15) is 34.1 Å². The molecule has 6 aromatic carbocycles. The summed E-state index contributed by atoms with van der Waals surface area (Å²) in [6.07, 6.45) is 0. The van der Waals surface area contributed by atoms with E-state index in [1.165, 1.54) is 71.6 Å². The molecule has 0 amide bonds. The predicted octanol–water partition coefficient (Wildman–Crippen LogP) is 9.47. The van der Waals surface area contributed by atoms with Crippen LogP contribution in [0.3, 0.4) is 0 Å². The third kappa shape index (κ3) is 2.54. The average molecular weight is 457 g/mol. The Morgan fingerprint density at radius 2 is 0.833 bits per heavy atom. The first kappa shape index (κ1) is 19.8. The predicted molar refractivity (Wildman–Crippen MR) is 152 cm³/mol. The molecule has 0 N–H and O–H groups in total. The van der Waals surface area contributed by atoms with Crippen LogP contribution in [0, 0.1) is 0 Å². The Morgan fingerprint density at radius 3 is 1.33 bits per heavy atom. The van der Waals surface area contributed by atoms with Gasteiger partial charge in [0.25, 0.3) is 0 Å². The second-order valence-corrected chi connectivity index (χ2v) is 10.1. The lowest BCUT2D eigenvalue weighted by molar-refractivity contribution is 0.862. The lowest BCUT2D eigenvalue weighted by atomic mass is 9.77. The Kier molecular flexibility index (Phi) is 4.02. The van der Waals surface area contributed by atoms with Crippen LogP contribution >= 0.6 is 0 Å². The standard InChI is InChI=1S/C36H24/c1-22(33-29-16-8-6-14-27(29)31-20-18-23-10-2-4-12-25(23)35(31)33)34-30-17-9-7-15-28(30)32-21-19-24-11-3-5-13-26(24)36(32)34/h2-21,33-34H,1H2. The molecule has 0 saturated carbocycles. The number of hydrogen-bond donors (Lipinski definition) is 0. The molecule has 0 aliphatic heterocycles. The van der Waals surface area contributed by atoms with Gasteiger partial charge >= 0.3 is 0 Å². The Labute approximate surface area is 211 Å². The lowest BCUT2D eigenvalue weighted by Gasteiger charge is -2.26. The Hall–Kier alpha value is -4.42. The first-order valence-electron chi connectivity index (χ1n) is 12.7. The molecule has 6 aromatic rings. The van der Waals surface area contributed by atoms with E-state index in [0.29, 0.717) is 0 Å². The van der Waals surface area contributed by atoms with E-state index in [2.05, 4.69) is 121 Å². The molecule has 0 aromatic heterocycles. The van der Waals surface area contributed by atoms with Crippen molar-refractivity contribution in [1.29, 1.82) is 0 Å². The first-order chi connectivity index (χ1) is 17.8. The van der Waals surface area contributed by atoms with Crippen molar-refractivity contribution in [2.24, 2.45) is 0 Å². The van der Waals surface area contributed by atoms with E-state index in [4.69, 9.17) is 6.58 Å². The average Bonchev–Trinajstić information content (AvgIpc) is 3.46. The Morgan fingerprint density at radius 1 is 0.417 bits per heavy atom. The fourth-order valence-corrected chi connectivity index (χ4v) is 6.92. The third-order valence-corrected chi connectivity index (χ3v) is 8.38. The molecule has 8 rings (SSSR count). The van der Waals surface area contributed by atoms with Crippen molar-refractivity contribution in [2.45, 2.75) is 11.8 Å². The van der Waals surface area contributed by atoms with Crippen molar-refractivity contribution in [3.63, 3.8) is 0 Å². The summed E-state index contributed by atoms with van der Waals surface area (Å²) < 4.78 is 0. The highest BCUT2D eigenvalue weighted by Gasteiger charge is 2.39. The number of fused-ring (bicyclic) bond motifs is 10. The van der Waals surface area contributed by atoms with Gasteiger partial charge in [-0.3, -0.25) is 0 Å². The molecule has 2 aliphatic carbocycles. The zero-order chi connectivity index (χ0) is 23.8. The van der Waals surface area contributed by atoms with Crippen molar-refractivity contribution in [3.05, 3.63) is 156 Å². The van der Waals surface area contributed by atoms with Crippen molar-refractivity contribution in [3.8, 4) is 22.3 Å². The topological polar surface area (TPSA) is 0 Å². The SMILES string of the molecule is C=C(C1c2ccccc2-c2ccc3ccccc3c21)C1c2ccccc2-c2ccc3ccccc3c21. The van der Waals surface area contributed by atoms with Crippen LogP contribution < -0.4 is 0 Å². The van der Waals surface area contributed by atoms with E-state index < -0.39 is 0 Å². The summed E-state index contributed by atoms with van der Waals surface area (Å²) in [7, 11) is 0. The smallest absolute Gasteiger partial charge is 0.0324 e. The van der Waals surface area contributed by atoms with Gasteiger partial charge in [0, 0.05) is 11.8 Å². The van der Waals surface area contributed by atoms with Crippen molar-refractivity contribution < 1.29 is 0 Å². The molecule has 0 spiro atoms. The van der Waals surface area contributed by atoms with E-state index in [1.807, 2.05) is 0 Å². The molecule has 2 aliphatic rings. The summed E-state index contributed by atoms with van der Waals surface area (Å²) in [4.78, 5) is 0. The number of benzene rings is 6. The minimum atomic E-state index is 0.144. The first-order valence-corrected chi connectivity index (χ1v) is 12.7. The van der Waals surface area contributed by atoms with Gasteiger partial charge in [-0.25, -0.2) is 0 Å². The molecule has 36 heavy (non-hydrogen) atoms. The second kappa shape index (κ2) is 7.29. The highest BCUT2D eigenvalue weighted by Crippen LogP contribution is 2.58. The van der Waals surface area contributed by atoms with E-state index in [1.54, 1.807) is 0 Å². The summed E-state index contributed by atoms with van der Waals surface area (Å²) in [5.41, 5.74) is 12.2. The van der Waals surface area contributed by atoms with E-state index in [-0.39, 0.29) is 11.8 Å². The zero-order valence-electron chi connectivity index (χ0n) is 19.9. The van der Waals surface area contributed by atoms with Crippen molar-refractivity contribution in [1.82, 2.24) is 0 Å². The molecule has 0 heteroatoms. The van der Waals surface area contributed by atoms with Gasteiger partial charge in [0.15, 0.2) is 0 Å². The van der Waals surface area contributed by atoms with Crippen molar-refractivity contribution >= 4 is 21.5 Å². The molecule has 0 heterocycles. The van der Waals surface area contributed by atoms with Crippen LogP contribution in [0.2, 0.25) is 0 Å². The van der Waals surface area contributed by atoms with E-state index >= 15 is 0 Å². The molecule has 0 nitrogen and oxygen atoms in total. The van der Waals surface area contributed by atoms with Crippen LogP contribution in [0.15, 0.2) is 133 Å². The molecule has 2 atom stereocenters. The fraction of sp³-hybridized carbons (Fsp3) is 0.0556. The van der Waals surface area contributed by atoms with Gasteiger partial charge in [-0.15, -0.1) is 0 Å². The largest absolute Gasteiger partial charge is 0.0979 e. The summed E-state index contributed by atoms with van der Waals surface area (Å²) in [5, 5.41) is 5.25. The normalized spacial score (nSPS) is 17.0. The molecule has 0 fully saturated rings. The van der Waals surface area contributed by atoms with Crippen LogP contribution in [-0.4, -0.2) is 0 Å².